The van der Waals surface area contributed by atoms with E-state index in [1.165, 1.54) is 12.3 Å². The van der Waals surface area contributed by atoms with E-state index in [4.69, 9.17) is 16.7 Å². The van der Waals surface area contributed by atoms with Gasteiger partial charge in [0.05, 0.1) is 5.56 Å². The van der Waals surface area contributed by atoms with Crippen molar-refractivity contribution in [3.8, 4) is 0 Å². The molecule has 0 fully saturated rings. The van der Waals surface area contributed by atoms with E-state index in [1.54, 1.807) is 6.92 Å². The molecular weight excluding hydrogens is 336 g/mol. The molecule has 0 aliphatic carbocycles. The van der Waals surface area contributed by atoms with Crippen molar-refractivity contribution < 1.29 is 14.7 Å². The number of nitrogens with one attached hydrogen (secondary N) is 1. The summed E-state index contributed by atoms with van der Waals surface area (Å²) in [6.07, 6.45) is 2.10. The van der Waals surface area contributed by atoms with Crippen LogP contribution in [-0.2, 0) is 4.79 Å². The second kappa shape index (κ2) is 6.86. The van der Waals surface area contributed by atoms with E-state index in [0.29, 0.717) is 10.9 Å². The lowest BCUT2D eigenvalue weighted by atomic mass is 9.99. The minimum atomic E-state index is -1.07. The Balaban J connectivity index is 2.94. The molecular formula is C12H14BrClN2O3. The van der Waals surface area contributed by atoms with Crippen LogP contribution in [0, 0.1) is 5.92 Å². The number of carbonyl (C=O) groups is 2. The van der Waals surface area contributed by atoms with Crippen molar-refractivity contribution in [1.29, 1.82) is 0 Å². The van der Waals surface area contributed by atoms with Crippen molar-refractivity contribution in [2.24, 2.45) is 5.92 Å². The summed E-state index contributed by atoms with van der Waals surface area (Å²) < 4.78 is 0.595. The van der Waals surface area contributed by atoms with E-state index in [9.17, 15) is 9.59 Å². The van der Waals surface area contributed by atoms with Crippen molar-refractivity contribution >= 4 is 39.4 Å². The second-order valence-corrected chi connectivity index (χ2v) is 5.44. The van der Waals surface area contributed by atoms with Gasteiger partial charge < -0.3 is 10.4 Å². The molecule has 1 amide bonds. The van der Waals surface area contributed by atoms with Gasteiger partial charge in [0.1, 0.15) is 11.2 Å². The molecule has 0 aliphatic rings. The summed E-state index contributed by atoms with van der Waals surface area (Å²) in [7, 11) is 0. The number of pyridine rings is 1. The number of carboxylic acid groups (broad SMARTS) is 1. The molecule has 0 bridgehead atoms. The van der Waals surface area contributed by atoms with Gasteiger partial charge in [0.2, 0.25) is 0 Å². The summed E-state index contributed by atoms with van der Waals surface area (Å²) in [6, 6.07) is 0.549. The largest absolute Gasteiger partial charge is 0.480 e. The highest BCUT2D eigenvalue weighted by atomic mass is 79.9. The maximum absolute atomic E-state index is 12.0. The Morgan fingerprint density at radius 1 is 1.58 bits per heavy atom. The molecule has 1 aromatic heterocycles. The maximum Gasteiger partial charge on any atom is 0.326 e. The minimum absolute atomic E-state index is 0.0361. The number of rotatable bonds is 5. The van der Waals surface area contributed by atoms with E-state index in [2.05, 4.69) is 26.2 Å². The number of aliphatic carboxylic acids is 1. The summed E-state index contributed by atoms with van der Waals surface area (Å²) in [6.45, 7) is 3.63. The maximum atomic E-state index is 12.0. The fraction of sp³-hybridized carbons (Fsp3) is 0.417. The summed E-state index contributed by atoms with van der Waals surface area (Å²) in [4.78, 5) is 27.0. The molecule has 0 radical (unpaired) electrons. The van der Waals surface area contributed by atoms with Crippen LogP contribution in [0.4, 0.5) is 0 Å². The van der Waals surface area contributed by atoms with Gasteiger partial charge in [0, 0.05) is 10.7 Å². The summed E-state index contributed by atoms with van der Waals surface area (Å²) in [5.41, 5.74) is 0.144. The first-order chi connectivity index (χ1) is 8.86. The number of carboxylic acids is 1. The topological polar surface area (TPSA) is 79.3 Å². The molecule has 5 nitrogen and oxygen atoms in total. The third-order valence-electron chi connectivity index (χ3n) is 2.82. The first-order valence-electron chi connectivity index (χ1n) is 5.71. The average Bonchev–Trinajstić information content (AvgIpc) is 2.37. The van der Waals surface area contributed by atoms with Gasteiger partial charge in [-0.1, -0.05) is 31.9 Å². The molecule has 0 aromatic carbocycles. The lowest BCUT2D eigenvalue weighted by Crippen LogP contribution is -2.45. The Kier molecular flexibility index (Phi) is 5.75. The van der Waals surface area contributed by atoms with Crippen molar-refractivity contribution in [2.45, 2.75) is 26.3 Å². The molecule has 104 valence electrons. The predicted octanol–water partition coefficient (Wildman–Crippen LogP) is 2.73. The molecule has 1 rings (SSSR count). The van der Waals surface area contributed by atoms with Gasteiger partial charge in [-0.2, -0.15) is 0 Å². The zero-order chi connectivity index (χ0) is 14.6. The van der Waals surface area contributed by atoms with Gasteiger partial charge >= 0.3 is 5.97 Å². The molecule has 2 atom stereocenters. The van der Waals surface area contributed by atoms with Gasteiger partial charge in [0.15, 0.2) is 0 Å². The smallest absolute Gasteiger partial charge is 0.326 e. The Hall–Kier alpha value is -1.14. The lowest BCUT2D eigenvalue weighted by Gasteiger charge is -2.20. The zero-order valence-electron chi connectivity index (χ0n) is 10.5. The van der Waals surface area contributed by atoms with Crippen molar-refractivity contribution in [3.05, 3.63) is 27.5 Å². The van der Waals surface area contributed by atoms with Gasteiger partial charge in [-0.15, -0.1) is 0 Å². The average molecular weight is 350 g/mol. The van der Waals surface area contributed by atoms with E-state index in [-0.39, 0.29) is 16.6 Å². The van der Waals surface area contributed by atoms with Crippen LogP contribution in [0.5, 0.6) is 0 Å². The molecule has 0 saturated heterocycles. The van der Waals surface area contributed by atoms with Crippen molar-refractivity contribution in [3.63, 3.8) is 0 Å². The number of amides is 1. The quantitative estimate of drug-likeness (QED) is 0.801. The first kappa shape index (κ1) is 15.9. The minimum Gasteiger partial charge on any atom is -0.480 e. The van der Waals surface area contributed by atoms with Crippen LogP contribution in [0.25, 0.3) is 0 Å². The van der Waals surface area contributed by atoms with Gasteiger partial charge in [0.25, 0.3) is 5.91 Å². The molecule has 0 spiro atoms. The zero-order valence-corrected chi connectivity index (χ0v) is 12.8. The highest BCUT2D eigenvalue weighted by molar-refractivity contribution is 9.10. The molecule has 7 heteroatoms. The Labute approximate surface area is 124 Å². The predicted molar refractivity (Wildman–Crippen MR) is 75.3 cm³/mol. The molecule has 0 saturated carbocycles. The van der Waals surface area contributed by atoms with Crippen LogP contribution in [0.3, 0.4) is 0 Å². The van der Waals surface area contributed by atoms with Crippen LogP contribution >= 0.6 is 27.5 Å². The third kappa shape index (κ3) is 4.18. The van der Waals surface area contributed by atoms with Crippen LogP contribution < -0.4 is 5.32 Å². The SMILES string of the molecule is CCC(C)[C@H](NC(=O)c1cc(Br)cnc1Cl)C(=O)O. The standard InChI is InChI=1S/C12H14BrClN2O3/c1-3-6(2)9(12(18)19)16-11(17)8-4-7(13)5-15-10(8)14/h4-6,9H,3H2,1-2H3,(H,16,17)(H,18,19)/t6?,9-/m0/s1. The third-order valence-corrected chi connectivity index (χ3v) is 3.55. The Morgan fingerprint density at radius 3 is 2.74 bits per heavy atom. The molecule has 1 heterocycles. The van der Waals surface area contributed by atoms with Gasteiger partial charge in [-0.25, -0.2) is 9.78 Å². The number of nitrogens with zero attached hydrogens (tertiary/aromatic N) is 1. The number of hydrogen-bond donors (Lipinski definition) is 2. The van der Waals surface area contributed by atoms with Crippen LogP contribution in [0.1, 0.15) is 30.6 Å². The second-order valence-electron chi connectivity index (χ2n) is 4.17. The molecule has 2 N–H and O–H groups in total. The van der Waals surface area contributed by atoms with Crippen LogP contribution in [0.2, 0.25) is 5.15 Å². The summed E-state index contributed by atoms with van der Waals surface area (Å²) in [5, 5.41) is 11.6. The van der Waals surface area contributed by atoms with E-state index in [0.717, 1.165) is 0 Å². The number of hydrogen-bond acceptors (Lipinski definition) is 3. The monoisotopic (exact) mass is 348 g/mol. The van der Waals surface area contributed by atoms with E-state index >= 15 is 0 Å². The van der Waals surface area contributed by atoms with E-state index < -0.39 is 17.9 Å². The van der Waals surface area contributed by atoms with Crippen LogP contribution in [-0.4, -0.2) is 28.0 Å². The molecule has 1 unspecified atom stereocenters. The number of halogens is 2. The highest BCUT2D eigenvalue weighted by Crippen LogP contribution is 2.18. The highest BCUT2D eigenvalue weighted by Gasteiger charge is 2.26. The normalized spacial score (nSPS) is 13.7. The Bertz CT molecular complexity index is 496. The summed E-state index contributed by atoms with van der Waals surface area (Å²) in [5.74, 6) is -1.80. The fourth-order valence-electron chi connectivity index (χ4n) is 1.48. The summed E-state index contributed by atoms with van der Waals surface area (Å²) >= 11 is 9.01. The van der Waals surface area contributed by atoms with Crippen LogP contribution in [0.15, 0.2) is 16.7 Å². The fourth-order valence-corrected chi connectivity index (χ4v) is 2.00. The first-order valence-corrected chi connectivity index (χ1v) is 6.88. The molecule has 1 aromatic rings. The van der Waals surface area contributed by atoms with Crippen molar-refractivity contribution in [1.82, 2.24) is 10.3 Å². The molecule has 0 aliphatic heterocycles. The lowest BCUT2D eigenvalue weighted by molar-refractivity contribution is -0.140. The number of carbonyl (C=O) groups excluding carboxylic acids is 1. The Morgan fingerprint density at radius 2 is 2.21 bits per heavy atom. The number of aromatic nitrogens is 1. The van der Waals surface area contributed by atoms with E-state index in [1.807, 2.05) is 6.92 Å². The van der Waals surface area contributed by atoms with Crippen molar-refractivity contribution in [2.75, 3.05) is 0 Å². The van der Waals surface area contributed by atoms with Gasteiger partial charge in [-0.05, 0) is 27.9 Å². The van der Waals surface area contributed by atoms with Gasteiger partial charge in [-0.3, -0.25) is 4.79 Å². The molecule has 19 heavy (non-hydrogen) atoms.